The topological polar surface area (TPSA) is 57.6 Å². The predicted octanol–water partition coefficient (Wildman–Crippen LogP) is 3.91. The highest BCUT2D eigenvalue weighted by atomic mass is 19.4. The number of hydrogen-bond donors (Lipinski definition) is 1. The third-order valence-corrected chi connectivity index (χ3v) is 5.37. The van der Waals surface area contributed by atoms with Crippen LogP contribution in [0.15, 0.2) is 24.3 Å². The highest BCUT2D eigenvalue weighted by Gasteiger charge is 2.46. The SMILES string of the molecule is O=C(O)CC[C@@H]1CCCN(C(=O)[C@H]2C[C@@H]2c2ccc(C(F)(F)F)cc2)C1. The third-order valence-electron chi connectivity index (χ3n) is 5.37. The second-order valence-corrected chi connectivity index (χ2v) is 7.29. The van der Waals surface area contributed by atoms with Crippen molar-refractivity contribution in [1.82, 2.24) is 4.90 Å². The number of rotatable bonds is 5. The Hall–Kier alpha value is -2.05. The Kier molecular flexibility index (Phi) is 5.25. The van der Waals surface area contributed by atoms with E-state index in [2.05, 4.69) is 0 Å². The zero-order valence-corrected chi connectivity index (χ0v) is 14.3. The van der Waals surface area contributed by atoms with Gasteiger partial charge in [-0.15, -0.1) is 0 Å². The van der Waals surface area contributed by atoms with E-state index in [1.165, 1.54) is 12.1 Å². The molecule has 1 heterocycles. The van der Waals surface area contributed by atoms with E-state index in [0.717, 1.165) is 30.5 Å². The molecule has 0 spiro atoms. The summed E-state index contributed by atoms with van der Waals surface area (Å²) in [7, 11) is 0. The van der Waals surface area contributed by atoms with Gasteiger partial charge < -0.3 is 10.0 Å². The van der Waals surface area contributed by atoms with Crippen LogP contribution >= 0.6 is 0 Å². The fourth-order valence-corrected chi connectivity index (χ4v) is 3.82. The molecule has 1 aliphatic carbocycles. The third kappa shape index (κ3) is 4.37. The zero-order chi connectivity index (χ0) is 18.9. The minimum absolute atomic E-state index is 0.0100. The fourth-order valence-electron chi connectivity index (χ4n) is 3.82. The van der Waals surface area contributed by atoms with E-state index in [0.29, 0.717) is 25.9 Å². The number of aliphatic carboxylic acids is 1. The van der Waals surface area contributed by atoms with Gasteiger partial charge in [-0.05, 0) is 55.2 Å². The van der Waals surface area contributed by atoms with E-state index in [-0.39, 0.29) is 30.1 Å². The summed E-state index contributed by atoms with van der Waals surface area (Å²) in [4.78, 5) is 25.2. The molecule has 0 unspecified atom stereocenters. The lowest BCUT2D eigenvalue weighted by atomic mass is 9.93. The highest BCUT2D eigenvalue weighted by molar-refractivity contribution is 5.83. The van der Waals surface area contributed by atoms with Gasteiger partial charge in [-0.1, -0.05) is 12.1 Å². The van der Waals surface area contributed by atoms with Gasteiger partial charge in [0.2, 0.25) is 5.91 Å². The van der Waals surface area contributed by atoms with Gasteiger partial charge in [0, 0.05) is 25.4 Å². The number of nitrogens with zero attached hydrogens (tertiary/aromatic N) is 1. The number of carboxylic acids is 1. The van der Waals surface area contributed by atoms with Crippen LogP contribution in [0.5, 0.6) is 0 Å². The van der Waals surface area contributed by atoms with Gasteiger partial charge in [-0.25, -0.2) is 0 Å². The average Bonchev–Trinajstić information content (AvgIpc) is 3.39. The van der Waals surface area contributed by atoms with Gasteiger partial charge >= 0.3 is 12.1 Å². The second-order valence-electron chi connectivity index (χ2n) is 7.29. The van der Waals surface area contributed by atoms with Crippen LogP contribution in [0.2, 0.25) is 0 Å². The molecule has 3 rings (SSSR count). The van der Waals surface area contributed by atoms with Crippen molar-refractivity contribution in [1.29, 1.82) is 0 Å². The van der Waals surface area contributed by atoms with Crippen LogP contribution in [0, 0.1) is 11.8 Å². The van der Waals surface area contributed by atoms with Gasteiger partial charge in [-0.2, -0.15) is 13.2 Å². The minimum Gasteiger partial charge on any atom is -0.481 e. The van der Waals surface area contributed by atoms with Crippen LogP contribution in [0.25, 0.3) is 0 Å². The average molecular weight is 369 g/mol. The molecular weight excluding hydrogens is 347 g/mol. The number of carbonyl (C=O) groups is 2. The summed E-state index contributed by atoms with van der Waals surface area (Å²) >= 11 is 0. The Balaban J connectivity index is 1.56. The van der Waals surface area contributed by atoms with Gasteiger partial charge in [0.1, 0.15) is 0 Å². The van der Waals surface area contributed by atoms with Crippen LogP contribution in [0.3, 0.4) is 0 Å². The van der Waals surface area contributed by atoms with Crippen molar-refractivity contribution in [3.8, 4) is 0 Å². The van der Waals surface area contributed by atoms with Gasteiger partial charge in [-0.3, -0.25) is 9.59 Å². The summed E-state index contributed by atoms with van der Waals surface area (Å²) in [5.41, 5.74) is 0.0952. The molecule has 1 amide bonds. The number of halogens is 3. The van der Waals surface area contributed by atoms with Crippen LogP contribution in [0.1, 0.15) is 49.1 Å². The van der Waals surface area contributed by atoms with Crippen LogP contribution in [-0.2, 0) is 15.8 Å². The second kappa shape index (κ2) is 7.29. The molecule has 0 aromatic heterocycles. The molecule has 1 N–H and O–H groups in total. The van der Waals surface area contributed by atoms with Crippen molar-refractivity contribution >= 4 is 11.9 Å². The largest absolute Gasteiger partial charge is 0.481 e. The van der Waals surface area contributed by atoms with Crippen molar-refractivity contribution in [2.24, 2.45) is 11.8 Å². The first kappa shape index (κ1) is 18.7. The summed E-state index contributed by atoms with van der Waals surface area (Å²) in [5, 5.41) is 8.80. The first-order chi connectivity index (χ1) is 12.3. The molecule has 4 nitrogen and oxygen atoms in total. The van der Waals surface area contributed by atoms with Crippen LogP contribution < -0.4 is 0 Å². The maximum atomic E-state index is 12.7. The summed E-state index contributed by atoms with van der Waals surface area (Å²) < 4.78 is 37.9. The number of piperidine rings is 1. The first-order valence-electron chi connectivity index (χ1n) is 8.93. The maximum absolute atomic E-state index is 12.7. The molecular formula is C19H22F3NO3. The van der Waals surface area contributed by atoms with E-state index in [1.807, 2.05) is 4.90 Å². The van der Waals surface area contributed by atoms with Crippen molar-refractivity contribution in [2.45, 2.75) is 44.2 Å². The van der Waals surface area contributed by atoms with E-state index < -0.39 is 17.7 Å². The number of carbonyl (C=O) groups excluding carboxylic acids is 1. The van der Waals surface area contributed by atoms with E-state index in [1.54, 1.807) is 0 Å². The highest BCUT2D eigenvalue weighted by Crippen LogP contribution is 2.49. The predicted molar refractivity (Wildman–Crippen MR) is 88.5 cm³/mol. The van der Waals surface area contributed by atoms with Crippen molar-refractivity contribution in [2.75, 3.05) is 13.1 Å². The number of carboxylic acid groups (broad SMARTS) is 1. The van der Waals surface area contributed by atoms with Crippen LogP contribution in [-0.4, -0.2) is 35.0 Å². The standard InChI is InChI=1S/C19H22F3NO3/c20-19(21,22)14-6-4-13(5-7-14)15-10-16(15)18(26)23-9-1-2-12(11-23)3-8-17(24)25/h4-7,12,15-16H,1-3,8-11H2,(H,24,25)/t12-,15+,16-/m0/s1. The fraction of sp³-hybridized carbons (Fsp3) is 0.579. The smallest absolute Gasteiger partial charge is 0.416 e. The molecule has 0 radical (unpaired) electrons. The Morgan fingerprint density at radius 3 is 2.50 bits per heavy atom. The summed E-state index contributed by atoms with van der Waals surface area (Å²) in [6.07, 6.45) is -1.19. The monoisotopic (exact) mass is 369 g/mol. The Morgan fingerprint density at radius 2 is 1.88 bits per heavy atom. The number of likely N-dealkylation sites (tertiary alicyclic amines) is 1. The van der Waals surface area contributed by atoms with Crippen LogP contribution in [0.4, 0.5) is 13.2 Å². The van der Waals surface area contributed by atoms with Crippen molar-refractivity contribution < 1.29 is 27.9 Å². The van der Waals surface area contributed by atoms with Gasteiger partial charge in [0.05, 0.1) is 5.56 Å². The van der Waals surface area contributed by atoms with E-state index in [4.69, 9.17) is 5.11 Å². The van der Waals surface area contributed by atoms with Gasteiger partial charge in [0.15, 0.2) is 0 Å². The van der Waals surface area contributed by atoms with Gasteiger partial charge in [0.25, 0.3) is 0 Å². The number of amides is 1. The molecule has 26 heavy (non-hydrogen) atoms. The Bertz CT molecular complexity index is 672. The summed E-state index contributed by atoms with van der Waals surface area (Å²) in [5.74, 6) is -0.728. The number of hydrogen-bond acceptors (Lipinski definition) is 2. The molecule has 3 atom stereocenters. The Morgan fingerprint density at radius 1 is 1.19 bits per heavy atom. The number of alkyl halides is 3. The summed E-state index contributed by atoms with van der Waals surface area (Å²) in [6, 6.07) is 5.06. The van der Waals surface area contributed by atoms with Crippen molar-refractivity contribution in [3.63, 3.8) is 0 Å². The molecule has 0 bridgehead atoms. The lowest BCUT2D eigenvalue weighted by molar-refractivity contribution is -0.138. The normalized spacial score (nSPS) is 25.8. The van der Waals surface area contributed by atoms with Crippen molar-refractivity contribution in [3.05, 3.63) is 35.4 Å². The molecule has 1 aromatic rings. The lowest BCUT2D eigenvalue weighted by Gasteiger charge is -2.33. The molecule has 1 saturated carbocycles. The zero-order valence-electron chi connectivity index (χ0n) is 14.3. The maximum Gasteiger partial charge on any atom is 0.416 e. The molecule has 7 heteroatoms. The molecule has 1 saturated heterocycles. The Labute approximate surface area is 150 Å². The molecule has 1 aromatic carbocycles. The van der Waals surface area contributed by atoms with E-state index >= 15 is 0 Å². The summed E-state index contributed by atoms with van der Waals surface area (Å²) in [6.45, 7) is 1.26. The number of benzene rings is 1. The molecule has 2 aliphatic rings. The minimum atomic E-state index is -4.35. The lowest BCUT2D eigenvalue weighted by Crippen LogP contribution is -2.41. The quantitative estimate of drug-likeness (QED) is 0.856. The first-order valence-corrected chi connectivity index (χ1v) is 8.93. The molecule has 2 fully saturated rings. The molecule has 1 aliphatic heterocycles. The van der Waals surface area contributed by atoms with E-state index in [9.17, 15) is 22.8 Å². The molecule has 142 valence electrons.